The number of halogens is 5. The van der Waals surface area contributed by atoms with Crippen LogP contribution in [-0.2, 0) is 12.6 Å². The average Bonchev–Trinajstić information content (AvgIpc) is 2.41. The third-order valence-electron chi connectivity index (χ3n) is 3.26. The Kier molecular flexibility index (Phi) is 5.20. The Morgan fingerprint density at radius 2 is 1.71 bits per heavy atom. The van der Waals surface area contributed by atoms with Crippen LogP contribution in [0, 0.1) is 10.5 Å². The van der Waals surface area contributed by atoms with Crippen molar-refractivity contribution in [2.24, 2.45) is 0 Å². The molecule has 0 radical (unpaired) electrons. The molecule has 0 fully saturated rings. The van der Waals surface area contributed by atoms with Crippen LogP contribution in [0.2, 0.25) is 0 Å². The predicted octanol–water partition coefficient (Wildman–Crippen LogP) is 6.14. The summed E-state index contributed by atoms with van der Waals surface area (Å²) in [7, 11) is 0. The first kappa shape index (κ1) is 16.6. The number of alkyl halides is 4. The first-order valence-corrected chi connectivity index (χ1v) is 7.86. The monoisotopic (exact) mass is 424 g/mol. The van der Waals surface area contributed by atoms with E-state index in [9.17, 15) is 13.2 Å². The Morgan fingerprint density at radius 1 is 1.10 bits per heavy atom. The SMILES string of the molecule is Cc1cccc(C(Cl)Cc2ccc(C(F)(F)F)cc2)c1I. The van der Waals surface area contributed by atoms with E-state index >= 15 is 0 Å². The van der Waals surface area contributed by atoms with Gasteiger partial charge in [-0.15, -0.1) is 11.6 Å². The number of rotatable bonds is 3. The van der Waals surface area contributed by atoms with E-state index in [0.29, 0.717) is 6.42 Å². The van der Waals surface area contributed by atoms with E-state index in [-0.39, 0.29) is 5.38 Å². The third kappa shape index (κ3) is 4.13. The van der Waals surface area contributed by atoms with Crippen LogP contribution in [0.5, 0.6) is 0 Å². The smallest absolute Gasteiger partial charge is 0.166 e. The number of hydrogen-bond acceptors (Lipinski definition) is 0. The Bertz CT molecular complexity index is 620. The lowest BCUT2D eigenvalue weighted by molar-refractivity contribution is -0.137. The zero-order valence-electron chi connectivity index (χ0n) is 11.2. The van der Waals surface area contributed by atoms with Crippen LogP contribution in [-0.4, -0.2) is 0 Å². The first-order chi connectivity index (χ1) is 9.79. The maximum absolute atomic E-state index is 12.5. The van der Waals surface area contributed by atoms with Gasteiger partial charge in [0.15, 0.2) is 0 Å². The van der Waals surface area contributed by atoms with E-state index in [1.807, 2.05) is 25.1 Å². The highest BCUT2D eigenvalue weighted by atomic mass is 127. The molecule has 2 aromatic rings. The lowest BCUT2D eigenvalue weighted by Gasteiger charge is -2.14. The summed E-state index contributed by atoms with van der Waals surface area (Å²) in [6.07, 6.45) is -3.80. The molecule has 0 aliphatic heterocycles. The molecule has 0 saturated carbocycles. The molecule has 0 aliphatic rings. The van der Waals surface area contributed by atoms with Crippen molar-refractivity contribution >= 4 is 34.2 Å². The maximum Gasteiger partial charge on any atom is 0.416 e. The van der Waals surface area contributed by atoms with Gasteiger partial charge in [-0.1, -0.05) is 30.3 Å². The highest BCUT2D eigenvalue weighted by Crippen LogP contribution is 2.32. The number of hydrogen-bond donors (Lipinski definition) is 0. The van der Waals surface area contributed by atoms with Crippen LogP contribution in [0.3, 0.4) is 0 Å². The van der Waals surface area contributed by atoms with Crippen molar-refractivity contribution in [3.63, 3.8) is 0 Å². The van der Waals surface area contributed by atoms with Gasteiger partial charge in [0, 0.05) is 3.57 Å². The summed E-state index contributed by atoms with van der Waals surface area (Å²) in [4.78, 5) is 0. The second-order valence-electron chi connectivity index (χ2n) is 4.84. The van der Waals surface area contributed by atoms with E-state index in [1.54, 1.807) is 0 Å². The molecule has 5 heteroatoms. The lowest BCUT2D eigenvalue weighted by atomic mass is 10.0. The Balaban J connectivity index is 2.16. The van der Waals surface area contributed by atoms with Crippen molar-refractivity contribution in [1.29, 1.82) is 0 Å². The molecule has 112 valence electrons. The largest absolute Gasteiger partial charge is 0.416 e. The molecule has 0 spiro atoms. The minimum Gasteiger partial charge on any atom is -0.166 e. The third-order valence-corrected chi connectivity index (χ3v) is 5.12. The van der Waals surface area contributed by atoms with Gasteiger partial charge in [-0.2, -0.15) is 13.2 Å². The summed E-state index contributed by atoms with van der Waals surface area (Å²) in [5.74, 6) is 0. The zero-order valence-corrected chi connectivity index (χ0v) is 14.1. The summed E-state index contributed by atoms with van der Waals surface area (Å²) >= 11 is 8.67. The fraction of sp³-hybridized carbons (Fsp3) is 0.250. The molecule has 21 heavy (non-hydrogen) atoms. The van der Waals surface area contributed by atoms with Crippen molar-refractivity contribution in [2.45, 2.75) is 24.9 Å². The van der Waals surface area contributed by atoms with Gasteiger partial charge >= 0.3 is 6.18 Å². The van der Waals surface area contributed by atoms with Crippen LogP contribution in [0.15, 0.2) is 42.5 Å². The van der Waals surface area contributed by atoms with Gasteiger partial charge in [0.1, 0.15) is 0 Å². The van der Waals surface area contributed by atoms with E-state index in [1.165, 1.54) is 12.1 Å². The molecule has 0 heterocycles. The molecular weight excluding hydrogens is 412 g/mol. The van der Waals surface area contributed by atoms with Crippen molar-refractivity contribution in [1.82, 2.24) is 0 Å². The normalized spacial score (nSPS) is 13.2. The van der Waals surface area contributed by atoms with Gasteiger partial charge < -0.3 is 0 Å². The molecule has 2 aromatic carbocycles. The summed E-state index contributed by atoms with van der Waals surface area (Å²) < 4.78 is 38.7. The van der Waals surface area contributed by atoms with Gasteiger partial charge in [0.05, 0.1) is 10.9 Å². The van der Waals surface area contributed by atoms with Crippen molar-refractivity contribution < 1.29 is 13.2 Å². The standard InChI is InChI=1S/C16H13ClF3I/c1-10-3-2-4-13(15(10)21)14(17)9-11-5-7-12(8-6-11)16(18,19)20/h2-8,14H,9H2,1H3. The molecule has 0 nitrogen and oxygen atoms in total. The molecule has 0 aliphatic carbocycles. The quantitative estimate of drug-likeness (QED) is 0.410. The minimum atomic E-state index is -4.30. The van der Waals surface area contributed by atoms with Gasteiger partial charge in [0.25, 0.3) is 0 Å². The van der Waals surface area contributed by atoms with Gasteiger partial charge in [-0.25, -0.2) is 0 Å². The van der Waals surface area contributed by atoms with Crippen LogP contribution in [0.25, 0.3) is 0 Å². The van der Waals surface area contributed by atoms with E-state index in [2.05, 4.69) is 22.6 Å². The van der Waals surface area contributed by atoms with Crippen LogP contribution in [0.1, 0.15) is 27.6 Å². The molecule has 1 unspecified atom stereocenters. The first-order valence-electron chi connectivity index (χ1n) is 6.34. The second-order valence-corrected chi connectivity index (χ2v) is 6.45. The second kappa shape index (κ2) is 6.57. The minimum absolute atomic E-state index is 0.256. The topological polar surface area (TPSA) is 0 Å². The molecule has 0 aromatic heterocycles. The van der Waals surface area contributed by atoms with Crippen molar-refractivity contribution in [2.75, 3.05) is 0 Å². The van der Waals surface area contributed by atoms with Gasteiger partial charge in [0.2, 0.25) is 0 Å². The summed E-state index contributed by atoms with van der Waals surface area (Å²) in [5, 5.41) is -0.256. The fourth-order valence-corrected chi connectivity index (χ4v) is 3.34. The highest BCUT2D eigenvalue weighted by Gasteiger charge is 2.30. The van der Waals surface area contributed by atoms with E-state index < -0.39 is 11.7 Å². The molecule has 0 amide bonds. The van der Waals surface area contributed by atoms with Crippen LogP contribution >= 0.6 is 34.2 Å². The van der Waals surface area contributed by atoms with Crippen LogP contribution in [0.4, 0.5) is 13.2 Å². The summed E-state index contributed by atoms with van der Waals surface area (Å²) in [6.45, 7) is 2.01. The maximum atomic E-state index is 12.5. The number of aryl methyl sites for hydroxylation is 1. The highest BCUT2D eigenvalue weighted by molar-refractivity contribution is 14.1. The Hall–Kier alpha value is -0.750. The molecule has 0 bridgehead atoms. The Morgan fingerprint density at radius 3 is 2.29 bits per heavy atom. The predicted molar refractivity (Wildman–Crippen MR) is 87.6 cm³/mol. The van der Waals surface area contributed by atoms with Crippen LogP contribution < -0.4 is 0 Å². The summed E-state index contributed by atoms with van der Waals surface area (Å²) in [6, 6.07) is 11.1. The zero-order chi connectivity index (χ0) is 15.6. The van der Waals surface area contributed by atoms with E-state index in [0.717, 1.165) is 32.4 Å². The molecule has 2 rings (SSSR count). The van der Waals surface area contributed by atoms with Crippen molar-refractivity contribution in [3.05, 3.63) is 68.3 Å². The summed E-state index contributed by atoms with van der Waals surface area (Å²) in [5.41, 5.74) is 2.31. The Labute approximate surface area is 140 Å². The average molecular weight is 425 g/mol. The van der Waals surface area contributed by atoms with Gasteiger partial charge in [-0.05, 0) is 64.8 Å². The van der Waals surface area contributed by atoms with E-state index in [4.69, 9.17) is 11.6 Å². The van der Waals surface area contributed by atoms with Crippen molar-refractivity contribution in [3.8, 4) is 0 Å². The van der Waals surface area contributed by atoms with Gasteiger partial charge in [-0.3, -0.25) is 0 Å². The number of benzene rings is 2. The lowest BCUT2D eigenvalue weighted by Crippen LogP contribution is -2.05. The molecule has 0 N–H and O–H groups in total. The molecule has 0 saturated heterocycles. The molecular formula is C16H13ClF3I. The molecule has 1 atom stereocenters. The fourth-order valence-electron chi connectivity index (χ4n) is 2.06.